The average Bonchev–Trinajstić information content (AvgIpc) is 2.96. The fourth-order valence-corrected chi connectivity index (χ4v) is 1.50. The number of carbonyl (C=O) groups excluding carboxylic acids is 1. The minimum absolute atomic E-state index is 0.376. The van der Waals surface area contributed by atoms with Crippen LogP contribution >= 0.6 is 0 Å². The van der Waals surface area contributed by atoms with E-state index in [0.717, 1.165) is 5.56 Å². The Labute approximate surface area is 115 Å². The Bertz CT molecular complexity index is 574. The van der Waals surface area contributed by atoms with E-state index in [-0.39, 0.29) is 0 Å². The van der Waals surface area contributed by atoms with Gasteiger partial charge in [0.1, 0.15) is 18.9 Å². The normalized spacial score (nSPS) is 10.0. The van der Waals surface area contributed by atoms with Gasteiger partial charge in [-0.05, 0) is 30.3 Å². The Morgan fingerprint density at radius 3 is 2.55 bits per heavy atom. The van der Waals surface area contributed by atoms with Gasteiger partial charge >= 0.3 is 5.97 Å². The van der Waals surface area contributed by atoms with Crippen LogP contribution in [0.1, 0.15) is 15.9 Å². The predicted molar refractivity (Wildman–Crippen MR) is 69.5 cm³/mol. The minimum Gasteiger partial charge on any atom is -0.489 e. The van der Waals surface area contributed by atoms with Crippen molar-refractivity contribution in [1.29, 1.82) is 0 Å². The van der Waals surface area contributed by atoms with Crippen molar-refractivity contribution < 1.29 is 23.8 Å². The highest BCUT2D eigenvalue weighted by molar-refractivity contribution is 5.95. The van der Waals surface area contributed by atoms with Crippen LogP contribution in [0.25, 0.3) is 0 Å². The van der Waals surface area contributed by atoms with Crippen LogP contribution in [0.2, 0.25) is 0 Å². The molecule has 1 heterocycles. The molecule has 0 saturated heterocycles. The smallest absolute Gasteiger partial charge is 0.322 e. The number of carboxylic acids is 1. The van der Waals surface area contributed by atoms with Gasteiger partial charge in [0.05, 0.1) is 12.5 Å². The summed E-state index contributed by atoms with van der Waals surface area (Å²) < 4.78 is 10.4. The molecule has 6 heteroatoms. The van der Waals surface area contributed by atoms with E-state index < -0.39 is 18.4 Å². The highest BCUT2D eigenvalue weighted by Crippen LogP contribution is 2.14. The molecule has 104 valence electrons. The lowest BCUT2D eigenvalue weighted by molar-refractivity contribution is -0.135. The van der Waals surface area contributed by atoms with Gasteiger partial charge in [-0.2, -0.15) is 0 Å². The predicted octanol–water partition coefficient (Wildman–Crippen LogP) is 1.67. The molecule has 0 aliphatic rings. The summed E-state index contributed by atoms with van der Waals surface area (Å²) in [6, 6.07) is 8.24. The molecule has 0 aliphatic heterocycles. The molecule has 0 bridgehead atoms. The molecule has 0 spiro atoms. The molecule has 0 atom stereocenters. The number of hydrogen-bond donors (Lipinski definition) is 2. The second kappa shape index (κ2) is 6.42. The van der Waals surface area contributed by atoms with E-state index in [1.807, 2.05) is 0 Å². The monoisotopic (exact) mass is 275 g/mol. The summed E-state index contributed by atoms with van der Waals surface area (Å²) in [4.78, 5) is 21.9. The maximum absolute atomic E-state index is 11.6. The Morgan fingerprint density at radius 2 is 1.95 bits per heavy atom. The second-order valence-electron chi connectivity index (χ2n) is 4.02. The zero-order chi connectivity index (χ0) is 14.4. The SMILES string of the molecule is O=C(O)CNC(=O)c1ccc(OCc2ccoc2)cc1. The molecule has 0 aliphatic carbocycles. The summed E-state index contributed by atoms with van der Waals surface area (Å²) >= 11 is 0. The number of nitrogens with one attached hydrogen (secondary N) is 1. The highest BCUT2D eigenvalue weighted by atomic mass is 16.5. The maximum Gasteiger partial charge on any atom is 0.322 e. The van der Waals surface area contributed by atoms with Crippen LogP contribution in [0, 0.1) is 0 Å². The number of carboxylic acid groups (broad SMARTS) is 1. The van der Waals surface area contributed by atoms with Crippen LogP contribution in [0.15, 0.2) is 47.3 Å². The molecule has 0 radical (unpaired) electrons. The van der Waals surface area contributed by atoms with Crippen molar-refractivity contribution in [1.82, 2.24) is 5.32 Å². The van der Waals surface area contributed by atoms with Crippen LogP contribution in [-0.4, -0.2) is 23.5 Å². The molecule has 20 heavy (non-hydrogen) atoms. The third-order valence-corrected chi connectivity index (χ3v) is 2.50. The first-order chi connectivity index (χ1) is 9.65. The van der Waals surface area contributed by atoms with Crippen molar-refractivity contribution in [3.63, 3.8) is 0 Å². The van der Waals surface area contributed by atoms with Crippen LogP contribution in [0.5, 0.6) is 5.75 Å². The number of ether oxygens (including phenoxy) is 1. The quantitative estimate of drug-likeness (QED) is 0.837. The van der Waals surface area contributed by atoms with Gasteiger partial charge in [-0.15, -0.1) is 0 Å². The molecule has 6 nitrogen and oxygen atoms in total. The number of hydrogen-bond acceptors (Lipinski definition) is 4. The highest BCUT2D eigenvalue weighted by Gasteiger charge is 2.07. The van der Waals surface area contributed by atoms with Crippen molar-refractivity contribution in [2.45, 2.75) is 6.61 Å². The van der Waals surface area contributed by atoms with Crippen molar-refractivity contribution in [3.05, 3.63) is 54.0 Å². The molecular weight excluding hydrogens is 262 g/mol. The van der Waals surface area contributed by atoms with E-state index in [0.29, 0.717) is 17.9 Å². The van der Waals surface area contributed by atoms with Crippen molar-refractivity contribution >= 4 is 11.9 Å². The Kier molecular flexibility index (Phi) is 4.39. The standard InChI is InChI=1S/C14H13NO5/c16-13(17)7-15-14(18)11-1-3-12(4-2-11)20-9-10-5-6-19-8-10/h1-6,8H,7,9H2,(H,15,18)(H,16,17). The zero-order valence-corrected chi connectivity index (χ0v) is 10.5. The molecule has 2 rings (SSSR count). The van der Waals surface area contributed by atoms with Crippen molar-refractivity contribution in [2.75, 3.05) is 6.54 Å². The summed E-state index contributed by atoms with van der Waals surface area (Å²) in [6.07, 6.45) is 3.16. The average molecular weight is 275 g/mol. The molecule has 1 aromatic carbocycles. The van der Waals surface area contributed by atoms with Gasteiger partial charge in [0.2, 0.25) is 0 Å². The van der Waals surface area contributed by atoms with Crippen molar-refractivity contribution in [2.24, 2.45) is 0 Å². The lowest BCUT2D eigenvalue weighted by Gasteiger charge is -2.06. The Balaban J connectivity index is 1.89. The van der Waals surface area contributed by atoms with Crippen LogP contribution < -0.4 is 10.1 Å². The molecular formula is C14H13NO5. The van der Waals surface area contributed by atoms with Crippen LogP contribution in [0.4, 0.5) is 0 Å². The number of rotatable bonds is 6. The van der Waals surface area contributed by atoms with Gasteiger partial charge in [-0.25, -0.2) is 0 Å². The molecule has 0 unspecified atom stereocenters. The number of aliphatic carboxylic acids is 1. The lowest BCUT2D eigenvalue weighted by Crippen LogP contribution is -2.29. The minimum atomic E-state index is -1.08. The lowest BCUT2D eigenvalue weighted by atomic mass is 10.2. The first kappa shape index (κ1) is 13.7. The number of carbonyl (C=O) groups is 2. The van der Waals surface area contributed by atoms with Gasteiger partial charge in [-0.3, -0.25) is 9.59 Å². The fraction of sp³-hybridized carbons (Fsp3) is 0.143. The molecule has 0 fully saturated rings. The Morgan fingerprint density at radius 1 is 1.20 bits per heavy atom. The van der Waals surface area contributed by atoms with Gasteiger partial charge < -0.3 is 19.6 Å². The third kappa shape index (κ3) is 3.88. The first-order valence-electron chi connectivity index (χ1n) is 5.89. The number of amides is 1. The van der Waals surface area contributed by atoms with E-state index in [1.165, 1.54) is 0 Å². The summed E-state index contributed by atoms with van der Waals surface area (Å²) in [5.74, 6) is -0.909. The Hall–Kier alpha value is -2.76. The first-order valence-corrected chi connectivity index (χ1v) is 5.89. The maximum atomic E-state index is 11.6. The molecule has 2 N–H and O–H groups in total. The van der Waals surface area contributed by atoms with E-state index in [2.05, 4.69) is 5.32 Å². The molecule has 1 aromatic heterocycles. The topological polar surface area (TPSA) is 88.8 Å². The van der Waals surface area contributed by atoms with Crippen LogP contribution in [-0.2, 0) is 11.4 Å². The van der Waals surface area contributed by atoms with Gasteiger partial charge in [0, 0.05) is 11.1 Å². The zero-order valence-electron chi connectivity index (χ0n) is 10.5. The molecule has 1 amide bonds. The summed E-state index contributed by atoms with van der Waals surface area (Å²) in [5, 5.41) is 10.8. The van der Waals surface area contributed by atoms with E-state index in [9.17, 15) is 9.59 Å². The summed E-state index contributed by atoms with van der Waals surface area (Å²) in [5.41, 5.74) is 1.29. The van der Waals surface area contributed by atoms with Crippen molar-refractivity contribution in [3.8, 4) is 5.75 Å². The van der Waals surface area contributed by atoms with Crippen LogP contribution in [0.3, 0.4) is 0 Å². The molecule has 2 aromatic rings. The van der Waals surface area contributed by atoms with E-state index >= 15 is 0 Å². The summed E-state index contributed by atoms with van der Waals surface area (Å²) in [6.45, 7) is -0.0291. The van der Waals surface area contributed by atoms with Gasteiger partial charge in [0.25, 0.3) is 5.91 Å². The fourth-order valence-electron chi connectivity index (χ4n) is 1.50. The second-order valence-corrected chi connectivity index (χ2v) is 4.02. The van der Waals surface area contributed by atoms with Gasteiger partial charge in [0.15, 0.2) is 0 Å². The molecule has 0 saturated carbocycles. The van der Waals surface area contributed by atoms with E-state index in [4.69, 9.17) is 14.3 Å². The number of benzene rings is 1. The summed E-state index contributed by atoms with van der Waals surface area (Å²) in [7, 11) is 0. The van der Waals surface area contributed by atoms with E-state index in [1.54, 1.807) is 42.9 Å². The van der Waals surface area contributed by atoms with Gasteiger partial charge in [-0.1, -0.05) is 0 Å². The number of furan rings is 1. The third-order valence-electron chi connectivity index (χ3n) is 2.50. The largest absolute Gasteiger partial charge is 0.489 e.